The van der Waals surface area contributed by atoms with Gasteiger partial charge in [-0.15, -0.1) is 11.3 Å². The summed E-state index contributed by atoms with van der Waals surface area (Å²) in [4.78, 5) is 28.7. The first-order valence-corrected chi connectivity index (χ1v) is 8.20. The fraction of sp³-hybridized carbons (Fsp3) is 0.467. The third kappa shape index (κ3) is 3.52. The molecule has 23 heavy (non-hydrogen) atoms. The highest BCUT2D eigenvalue weighted by Crippen LogP contribution is 2.40. The van der Waals surface area contributed by atoms with E-state index in [1.807, 2.05) is 6.07 Å². The lowest BCUT2D eigenvalue weighted by molar-refractivity contribution is -0.141. The Bertz CT molecular complexity index is 643. The number of allylic oxidation sites excluding steroid dienone is 1. The van der Waals surface area contributed by atoms with Gasteiger partial charge in [-0.05, 0) is 19.1 Å². The molecule has 1 unspecified atom stereocenters. The van der Waals surface area contributed by atoms with Crippen molar-refractivity contribution < 1.29 is 19.1 Å². The van der Waals surface area contributed by atoms with Gasteiger partial charge >= 0.3 is 12.0 Å². The lowest BCUT2D eigenvalue weighted by Crippen LogP contribution is -2.47. The number of thiophene rings is 1. The normalized spacial score (nSPS) is 18.7. The van der Waals surface area contributed by atoms with E-state index in [1.165, 1.54) is 28.2 Å². The summed E-state index contributed by atoms with van der Waals surface area (Å²) in [6.45, 7) is 2.21. The maximum absolute atomic E-state index is 12.5. The molecule has 0 spiro atoms. The van der Waals surface area contributed by atoms with E-state index in [4.69, 9.17) is 21.1 Å². The van der Waals surface area contributed by atoms with Crippen LogP contribution in [0.1, 0.15) is 17.8 Å². The first-order valence-electron chi connectivity index (χ1n) is 7.01. The van der Waals surface area contributed by atoms with Crippen molar-refractivity contribution in [2.24, 2.45) is 0 Å². The third-order valence-electron chi connectivity index (χ3n) is 3.75. The standard InChI is InChI=1S/C15H19ClN2O4S/c1-9-12(14(19)22-8-7-21-4)13(10-5-6-11(16)23-10)18(3)15(20)17(9)2/h5-6,13H,7-8H2,1-4H3. The summed E-state index contributed by atoms with van der Waals surface area (Å²) in [5.41, 5.74) is 1.01. The van der Waals surface area contributed by atoms with Crippen LogP contribution in [-0.4, -0.2) is 56.2 Å². The predicted molar refractivity (Wildman–Crippen MR) is 88.5 cm³/mol. The second-order valence-electron chi connectivity index (χ2n) is 5.12. The highest BCUT2D eigenvalue weighted by Gasteiger charge is 2.39. The average molecular weight is 359 g/mol. The van der Waals surface area contributed by atoms with Crippen LogP contribution >= 0.6 is 22.9 Å². The molecule has 0 radical (unpaired) electrons. The number of likely N-dealkylation sites (N-methyl/N-ethyl adjacent to an activating group) is 1. The number of hydrogen-bond donors (Lipinski definition) is 0. The van der Waals surface area contributed by atoms with Crippen molar-refractivity contribution in [3.63, 3.8) is 0 Å². The Kier molecular flexibility index (Phi) is 5.67. The van der Waals surface area contributed by atoms with Crippen LogP contribution in [-0.2, 0) is 14.3 Å². The second kappa shape index (κ2) is 7.33. The molecule has 126 valence electrons. The number of carbonyl (C=O) groups is 2. The van der Waals surface area contributed by atoms with Crippen LogP contribution in [0, 0.1) is 0 Å². The Morgan fingerprint density at radius 2 is 2.04 bits per heavy atom. The smallest absolute Gasteiger partial charge is 0.338 e. The fourth-order valence-electron chi connectivity index (χ4n) is 2.43. The summed E-state index contributed by atoms with van der Waals surface area (Å²) in [5.74, 6) is -0.458. The van der Waals surface area contributed by atoms with E-state index in [0.29, 0.717) is 22.2 Å². The zero-order chi connectivity index (χ0) is 17.1. The number of halogens is 1. The van der Waals surface area contributed by atoms with E-state index in [0.717, 1.165) is 4.88 Å². The van der Waals surface area contributed by atoms with E-state index in [-0.39, 0.29) is 12.6 Å². The quantitative estimate of drug-likeness (QED) is 0.600. The van der Waals surface area contributed by atoms with Gasteiger partial charge in [0.1, 0.15) is 12.6 Å². The van der Waals surface area contributed by atoms with Crippen LogP contribution in [0.2, 0.25) is 4.34 Å². The molecule has 2 rings (SSSR count). The summed E-state index contributed by atoms with van der Waals surface area (Å²) in [6, 6.07) is 2.88. The molecule has 0 bridgehead atoms. The third-order valence-corrected chi connectivity index (χ3v) is 5.03. The maximum atomic E-state index is 12.5. The largest absolute Gasteiger partial charge is 0.460 e. The zero-order valence-electron chi connectivity index (χ0n) is 13.5. The number of urea groups is 1. The Morgan fingerprint density at radius 1 is 1.35 bits per heavy atom. The van der Waals surface area contributed by atoms with Crippen molar-refractivity contribution >= 4 is 34.9 Å². The molecule has 0 saturated carbocycles. The van der Waals surface area contributed by atoms with Crippen molar-refractivity contribution in [1.29, 1.82) is 0 Å². The molecular weight excluding hydrogens is 340 g/mol. The lowest BCUT2D eigenvalue weighted by Gasteiger charge is -2.38. The predicted octanol–water partition coefficient (Wildman–Crippen LogP) is 2.90. The van der Waals surface area contributed by atoms with Crippen molar-refractivity contribution in [2.45, 2.75) is 13.0 Å². The SMILES string of the molecule is COCCOC(=O)C1=C(C)N(C)C(=O)N(C)C1c1ccc(Cl)s1. The number of carbonyl (C=O) groups excluding carboxylic acids is 2. The summed E-state index contributed by atoms with van der Waals surface area (Å²) in [6.07, 6.45) is 0. The van der Waals surface area contributed by atoms with Gasteiger partial charge in [0.25, 0.3) is 0 Å². The molecule has 6 nitrogen and oxygen atoms in total. The van der Waals surface area contributed by atoms with Gasteiger partial charge in [-0.25, -0.2) is 9.59 Å². The molecule has 1 aromatic heterocycles. The Hall–Kier alpha value is -1.57. The zero-order valence-corrected chi connectivity index (χ0v) is 15.0. The van der Waals surface area contributed by atoms with Crippen molar-refractivity contribution in [2.75, 3.05) is 34.4 Å². The van der Waals surface area contributed by atoms with Gasteiger partial charge < -0.3 is 19.3 Å². The van der Waals surface area contributed by atoms with Crippen LogP contribution < -0.4 is 0 Å². The molecule has 0 aromatic carbocycles. The molecule has 0 N–H and O–H groups in total. The molecular formula is C15H19ClN2O4S. The first kappa shape index (κ1) is 17.8. The van der Waals surface area contributed by atoms with Gasteiger partial charge in [-0.3, -0.25) is 0 Å². The minimum Gasteiger partial charge on any atom is -0.460 e. The van der Waals surface area contributed by atoms with Gasteiger partial charge in [0.2, 0.25) is 0 Å². The van der Waals surface area contributed by atoms with E-state index in [9.17, 15) is 9.59 Å². The second-order valence-corrected chi connectivity index (χ2v) is 6.87. The summed E-state index contributed by atoms with van der Waals surface area (Å²) in [5, 5.41) is 0. The monoisotopic (exact) mass is 358 g/mol. The molecule has 0 aliphatic carbocycles. The molecule has 2 amide bonds. The van der Waals surface area contributed by atoms with Crippen LogP contribution in [0.25, 0.3) is 0 Å². The summed E-state index contributed by atoms with van der Waals surface area (Å²) >= 11 is 7.35. The van der Waals surface area contributed by atoms with E-state index >= 15 is 0 Å². The number of amides is 2. The number of ether oxygens (including phenoxy) is 2. The lowest BCUT2D eigenvalue weighted by atomic mass is 9.99. The molecule has 1 atom stereocenters. The Balaban J connectivity index is 2.42. The van der Waals surface area contributed by atoms with Crippen LogP contribution in [0.3, 0.4) is 0 Å². The van der Waals surface area contributed by atoms with Crippen molar-refractivity contribution in [3.8, 4) is 0 Å². The van der Waals surface area contributed by atoms with Crippen molar-refractivity contribution in [1.82, 2.24) is 9.80 Å². The fourth-order valence-corrected chi connectivity index (χ4v) is 3.64. The van der Waals surface area contributed by atoms with Crippen LogP contribution in [0.4, 0.5) is 4.79 Å². The van der Waals surface area contributed by atoms with Gasteiger partial charge in [0.05, 0.1) is 16.5 Å². The summed E-state index contributed by atoms with van der Waals surface area (Å²) in [7, 11) is 4.83. The number of nitrogens with zero attached hydrogens (tertiary/aromatic N) is 2. The van der Waals surface area contributed by atoms with Gasteiger partial charge in [-0.1, -0.05) is 11.6 Å². The minimum atomic E-state index is -0.508. The average Bonchev–Trinajstić information content (AvgIpc) is 2.94. The van der Waals surface area contributed by atoms with Crippen molar-refractivity contribution in [3.05, 3.63) is 32.6 Å². The molecule has 1 aliphatic heterocycles. The molecule has 0 saturated heterocycles. The maximum Gasteiger partial charge on any atom is 0.338 e. The highest BCUT2D eigenvalue weighted by molar-refractivity contribution is 7.16. The summed E-state index contributed by atoms with van der Waals surface area (Å²) < 4.78 is 10.8. The number of esters is 1. The number of hydrogen-bond acceptors (Lipinski definition) is 5. The topological polar surface area (TPSA) is 59.1 Å². The minimum absolute atomic E-state index is 0.158. The Labute approximate surface area is 144 Å². The van der Waals surface area contributed by atoms with E-state index < -0.39 is 12.0 Å². The van der Waals surface area contributed by atoms with Gasteiger partial charge in [0, 0.05) is 31.8 Å². The Morgan fingerprint density at radius 3 is 2.61 bits per heavy atom. The van der Waals surface area contributed by atoms with E-state index in [1.54, 1.807) is 27.1 Å². The highest BCUT2D eigenvalue weighted by atomic mass is 35.5. The van der Waals surface area contributed by atoms with Crippen LogP contribution in [0.5, 0.6) is 0 Å². The molecule has 1 aliphatic rings. The molecule has 0 fully saturated rings. The van der Waals surface area contributed by atoms with Gasteiger partial charge in [-0.2, -0.15) is 0 Å². The van der Waals surface area contributed by atoms with Crippen LogP contribution in [0.15, 0.2) is 23.4 Å². The van der Waals surface area contributed by atoms with Gasteiger partial charge in [0.15, 0.2) is 0 Å². The first-order chi connectivity index (χ1) is 10.9. The molecule has 8 heteroatoms. The number of methoxy groups -OCH3 is 1. The van der Waals surface area contributed by atoms with E-state index in [2.05, 4.69) is 0 Å². The molecule has 2 heterocycles. The molecule has 1 aromatic rings. The number of rotatable bonds is 5.